The zero-order chi connectivity index (χ0) is 17.3. The maximum Gasteiger partial charge on any atom is 0.264 e. The van der Waals surface area contributed by atoms with Crippen molar-refractivity contribution in [2.45, 2.75) is 16.7 Å². The van der Waals surface area contributed by atoms with Gasteiger partial charge in [0.1, 0.15) is 16.5 Å². The molecule has 0 aromatic heterocycles. The van der Waals surface area contributed by atoms with Gasteiger partial charge in [0.15, 0.2) is 9.84 Å². The van der Waals surface area contributed by atoms with Crippen LogP contribution >= 0.6 is 0 Å². The molecule has 2 rings (SSSR count). The molecule has 0 aliphatic rings. The quantitative estimate of drug-likeness (QED) is 0.888. The molecular formula is C14H13F2NO4S2. The Balaban J connectivity index is 2.31. The Morgan fingerprint density at radius 2 is 1.57 bits per heavy atom. The lowest BCUT2D eigenvalue weighted by Crippen LogP contribution is -2.15. The largest absolute Gasteiger partial charge is 0.280 e. The summed E-state index contributed by atoms with van der Waals surface area (Å²) in [5, 5.41) is 0. The molecule has 0 amide bonds. The van der Waals surface area contributed by atoms with Gasteiger partial charge in [-0.1, -0.05) is 6.92 Å². The van der Waals surface area contributed by atoms with Crippen LogP contribution < -0.4 is 4.72 Å². The lowest BCUT2D eigenvalue weighted by atomic mass is 10.3. The zero-order valence-electron chi connectivity index (χ0n) is 12.0. The van der Waals surface area contributed by atoms with Crippen LogP contribution in [0.15, 0.2) is 52.3 Å². The van der Waals surface area contributed by atoms with Gasteiger partial charge in [-0.2, -0.15) is 0 Å². The van der Waals surface area contributed by atoms with Crippen LogP contribution in [-0.2, 0) is 19.9 Å². The van der Waals surface area contributed by atoms with E-state index in [0.29, 0.717) is 6.07 Å². The van der Waals surface area contributed by atoms with Crippen molar-refractivity contribution in [1.29, 1.82) is 0 Å². The summed E-state index contributed by atoms with van der Waals surface area (Å²) in [4.78, 5) is -0.653. The van der Waals surface area contributed by atoms with Gasteiger partial charge < -0.3 is 0 Å². The van der Waals surface area contributed by atoms with Crippen LogP contribution in [0.1, 0.15) is 6.92 Å². The number of hydrogen-bond acceptors (Lipinski definition) is 4. The Bertz CT molecular complexity index is 924. The van der Waals surface area contributed by atoms with Gasteiger partial charge in [0, 0.05) is 11.8 Å². The number of anilines is 1. The van der Waals surface area contributed by atoms with Gasteiger partial charge in [-0.25, -0.2) is 25.6 Å². The summed E-state index contributed by atoms with van der Waals surface area (Å²) < 4.78 is 76.0. The highest BCUT2D eigenvalue weighted by Gasteiger charge is 2.20. The molecule has 0 radical (unpaired) electrons. The fourth-order valence-corrected chi connectivity index (χ4v) is 3.80. The Hall–Kier alpha value is -2.00. The van der Waals surface area contributed by atoms with Gasteiger partial charge >= 0.3 is 0 Å². The number of sulfone groups is 1. The Morgan fingerprint density at radius 1 is 0.957 bits per heavy atom. The average molecular weight is 361 g/mol. The van der Waals surface area contributed by atoms with E-state index in [1.54, 1.807) is 0 Å². The highest BCUT2D eigenvalue weighted by Crippen LogP contribution is 2.21. The maximum absolute atomic E-state index is 13.6. The molecule has 0 spiro atoms. The molecule has 0 aliphatic carbocycles. The Labute approximate surface area is 132 Å². The average Bonchev–Trinajstić information content (AvgIpc) is 2.47. The normalized spacial score (nSPS) is 12.1. The third-order valence-corrected chi connectivity index (χ3v) is 6.19. The molecule has 1 N–H and O–H groups in total. The van der Waals surface area contributed by atoms with E-state index in [4.69, 9.17) is 0 Å². The van der Waals surface area contributed by atoms with Gasteiger partial charge in [0.2, 0.25) is 0 Å². The molecule has 2 aromatic rings. The molecule has 0 bridgehead atoms. The number of rotatable bonds is 5. The smallest absolute Gasteiger partial charge is 0.264 e. The van der Waals surface area contributed by atoms with E-state index in [1.165, 1.54) is 31.2 Å². The second-order valence-corrected chi connectivity index (χ2v) is 8.54. The highest BCUT2D eigenvalue weighted by molar-refractivity contribution is 7.92. The predicted molar refractivity (Wildman–Crippen MR) is 81.3 cm³/mol. The van der Waals surface area contributed by atoms with E-state index >= 15 is 0 Å². The van der Waals surface area contributed by atoms with Crippen molar-refractivity contribution in [3.05, 3.63) is 54.1 Å². The molecule has 0 heterocycles. The van der Waals surface area contributed by atoms with Crippen LogP contribution in [0, 0.1) is 11.6 Å². The van der Waals surface area contributed by atoms with E-state index in [9.17, 15) is 25.6 Å². The molecule has 0 atom stereocenters. The van der Waals surface area contributed by atoms with Crippen molar-refractivity contribution < 1.29 is 25.6 Å². The topological polar surface area (TPSA) is 80.3 Å². The van der Waals surface area contributed by atoms with Crippen LogP contribution in [0.4, 0.5) is 14.5 Å². The minimum Gasteiger partial charge on any atom is -0.280 e. The number of benzene rings is 2. The standard InChI is InChI=1S/C14H13F2NO4S2/c1-2-22(18,19)12-6-4-11(5-7-12)17-23(20,21)14-8-3-10(15)9-13(14)16/h3-9,17H,2H2,1H3. The molecule has 0 fully saturated rings. The molecule has 0 saturated heterocycles. The summed E-state index contributed by atoms with van der Waals surface area (Å²) in [6.45, 7) is 1.49. The Kier molecular flexibility index (Phi) is 4.71. The van der Waals surface area contributed by atoms with Crippen molar-refractivity contribution >= 4 is 25.5 Å². The van der Waals surface area contributed by atoms with Crippen LogP contribution in [0.25, 0.3) is 0 Å². The highest BCUT2D eigenvalue weighted by atomic mass is 32.2. The van der Waals surface area contributed by atoms with E-state index < -0.39 is 36.4 Å². The second-order valence-electron chi connectivity index (χ2n) is 4.61. The summed E-state index contributed by atoms with van der Waals surface area (Å²) >= 11 is 0. The van der Waals surface area contributed by atoms with Gasteiger partial charge in [0.25, 0.3) is 10.0 Å². The molecule has 0 unspecified atom stereocenters. The molecular weight excluding hydrogens is 348 g/mol. The fraction of sp³-hybridized carbons (Fsp3) is 0.143. The summed E-state index contributed by atoms with van der Waals surface area (Å²) in [7, 11) is -7.66. The molecule has 0 saturated carbocycles. The van der Waals surface area contributed by atoms with Gasteiger partial charge in [-0.15, -0.1) is 0 Å². The van der Waals surface area contributed by atoms with E-state index in [0.717, 1.165) is 12.1 Å². The summed E-state index contributed by atoms with van der Waals surface area (Å²) in [5.41, 5.74) is 0.0591. The lowest BCUT2D eigenvalue weighted by Gasteiger charge is -2.09. The van der Waals surface area contributed by atoms with Crippen molar-refractivity contribution in [3.63, 3.8) is 0 Å². The first kappa shape index (κ1) is 17.4. The minimum atomic E-state index is -4.26. The minimum absolute atomic E-state index is 0.0518. The molecule has 5 nitrogen and oxygen atoms in total. The lowest BCUT2D eigenvalue weighted by molar-refractivity contribution is 0.551. The van der Waals surface area contributed by atoms with Crippen molar-refractivity contribution in [2.24, 2.45) is 0 Å². The third-order valence-electron chi connectivity index (χ3n) is 3.03. The summed E-state index contributed by atoms with van der Waals surface area (Å²) in [6, 6.07) is 7.10. The maximum atomic E-state index is 13.6. The first-order chi connectivity index (χ1) is 10.7. The van der Waals surface area contributed by atoms with Gasteiger partial charge in [0.05, 0.1) is 10.6 Å². The zero-order valence-corrected chi connectivity index (χ0v) is 13.6. The molecule has 2 aromatic carbocycles. The van der Waals surface area contributed by atoms with E-state index in [1.807, 2.05) is 0 Å². The first-order valence-electron chi connectivity index (χ1n) is 6.46. The number of hydrogen-bond donors (Lipinski definition) is 1. The predicted octanol–water partition coefficient (Wildman–Crippen LogP) is 2.56. The van der Waals surface area contributed by atoms with Crippen LogP contribution in [0.2, 0.25) is 0 Å². The molecule has 124 valence electrons. The monoisotopic (exact) mass is 361 g/mol. The molecule has 9 heteroatoms. The Morgan fingerprint density at radius 3 is 2.09 bits per heavy atom. The number of sulfonamides is 1. The van der Waals surface area contributed by atoms with Gasteiger partial charge in [-0.05, 0) is 36.4 Å². The van der Waals surface area contributed by atoms with Crippen molar-refractivity contribution in [1.82, 2.24) is 0 Å². The molecule has 0 aliphatic heterocycles. The number of nitrogens with one attached hydrogen (secondary N) is 1. The van der Waals surface area contributed by atoms with Crippen molar-refractivity contribution in [3.8, 4) is 0 Å². The van der Waals surface area contributed by atoms with Crippen molar-refractivity contribution in [2.75, 3.05) is 10.5 Å². The first-order valence-corrected chi connectivity index (χ1v) is 9.60. The van der Waals surface area contributed by atoms with Crippen LogP contribution in [-0.4, -0.2) is 22.6 Å². The fourth-order valence-electron chi connectivity index (χ4n) is 1.80. The second kappa shape index (κ2) is 6.25. The summed E-state index contributed by atoms with van der Waals surface area (Å²) in [6.07, 6.45) is 0. The van der Waals surface area contributed by atoms with Crippen LogP contribution in [0.5, 0.6) is 0 Å². The third kappa shape index (κ3) is 3.85. The van der Waals surface area contributed by atoms with E-state index in [-0.39, 0.29) is 16.3 Å². The SMILES string of the molecule is CCS(=O)(=O)c1ccc(NS(=O)(=O)c2ccc(F)cc2F)cc1. The van der Waals surface area contributed by atoms with Crippen LogP contribution in [0.3, 0.4) is 0 Å². The molecule has 23 heavy (non-hydrogen) atoms. The number of halogens is 2. The van der Waals surface area contributed by atoms with Gasteiger partial charge in [-0.3, -0.25) is 4.72 Å². The van der Waals surface area contributed by atoms with E-state index in [2.05, 4.69) is 4.72 Å². The summed E-state index contributed by atoms with van der Waals surface area (Å²) in [5.74, 6) is -2.20.